The molecule has 0 amide bonds. The zero-order valence-electron chi connectivity index (χ0n) is 12.4. The fourth-order valence-electron chi connectivity index (χ4n) is 2.21. The Morgan fingerprint density at radius 2 is 2.10 bits per heavy atom. The van der Waals surface area contributed by atoms with Gasteiger partial charge in [-0.05, 0) is 31.7 Å². The van der Waals surface area contributed by atoms with Gasteiger partial charge in [-0.3, -0.25) is 0 Å². The van der Waals surface area contributed by atoms with Crippen LogP contribution in [-0.4, -0.2) is 19.1 Å². The van der Waals surface area contributed by atoms with Crippen LogP contribution in [0.5, 0.6) is 0 Å². The van der Waals surface area contributed by atoms with Gasteiger partial charge in [0.15, 0.2) is 0 Å². The van der Waals surface area contributed by atoms with Gasteiger partial charge in [0.25, 0.3) is 0 Å². The van der Waals surface area contributed by atoms with E-state index >= 15 is 0 Å². The summed E-state index contributed by atoms with van der Waals surface area (Å²) in [6.07, 6.45) is 1.63. The smallest absolute Gasteiger partial charge is 0.129 e. The first-order valence-electron chi connectivity index (χ1n) is 6.81. The van der Waals surface area contributed by atoms with E-state index in [1.54, 1.807) is 18.3 Å². The Balaban J connectivity index is 2.29. The second kappa shape index (κ2) is 6.87. The van der Waals surface area contributed by atoms with E-state index in [2.05, 4.69) is 10.3 Å². The first-order valence-corrected chi connectivity index (χ1v) is 7.18. The lowest BCUT2D eigenvalue weighted by atomic mass is 10.1. The molecule has 2 rings (SSSR count). The number of hydrogen-bond acceptors (Lipinski definition) is 3. The predicted molar refractivity (Wildman–Crippen MR) is 85.2 cm³/mol. The average Bonchev–Trinajstić information content (AvgIpc) is 2.49. The molecule has 1 heterocycles. The van der Waals surface area contributed by atoms with E-state index in [-0.39, 0.29) is 11.9 Å². The summed E-state index contributed by atoms with van der Waals surface area (Å²) in [5.41, 5.74) is 1.61. The average molecular weight is 308 g/mol. The van der Waals surface area contributed by atoms with Crippen LogP contribution >= 0.6 is 11.6 Å². The van der Waals surface area contributed by atoms with Gasteiger partial charge in [0.1, 0.15) is 11.6 Å². The van der Waals surface area contributed by atoms with E-state index in [9.17, 15) is 4.39 Å². The molecule has 0 spiro atoms. The van der Waals surface area contributed by atoms with Crippen molar-refractivity contribution >= 4 is 17.4 Å². The molecule has 0 saturated heterocycles. The highest BCUT2D eigenvalue weighted by molar-refractivity contribution is 6.31. The summed E-state index contributed by atoms with van der Waals surface area (Å²) in [6, 6.07) is 8.60. The second-order valence-electron chi connectivity index (χ2n) is 4.97. The van der Waals surface area contributed by atoms with Gasteiger partial charge in [-0.25, -0.2) is 9.37 Å². The molecule has 0 radical (unpaired) electrons. The summed E-state index contributed by atoms with van der Waals surface area (Å²) in [5.74, 6) is 0.557. The molecule has 3 nitrogen and oxygen atoms in total. The van der Waals surface area contributed by atoms with Crippen molar-refractivity contribution in [3.8, 4) is 0 Å². The summed E-state index contributed by atoms with van der Waals surface area (Å²) in [5, 5.41) is 3.70. The number of nitrogens with zero attached hydrogens (tertiary/aromatic N) is 2. The number of nitrogens with one attached hydrogen (secondary N) is 1. The van der Waals surface area contributed by atoms with E-state index in [0.717, 1.165) is 11.4 Å². The molecule has 0 saturated carbocycles. The Morgan fingerprint density at radius 1 is 1.38 bits per heavy atom. The maximum absolute atomic E-state index is 13.9. The first-order chi connectivity index (χ1) is 10.0. The van der Waals surface area contributed by atoms with Crippen molar-refractivity contribution in [3.63, 3.8) is 0 Å². The maximum Gasteiger partial charge on any atom is 0.129 e. The minimum Gasteiger partial charge on any atom is -0.353 e. The Labute approximate surface area is 129 Å². The molecule has 5 heteroatoms. The third-order valence-corrected chi connectivity index (χ3v) is 3.93. The normalized spacial score (nSPS) is 12.2. The molecule has 0 aliphatic rings. The summed E-state index contributed by atoms with van der Waals surface area (Å²) < 4.78 is 13.9. The summed E-state index contributed by atoms with van der Waals surface area (Å²) in [6.45, 7) is 2.61. The van der Waals surface area contributed by atoms with Crippen LogP contribution in [0.1, 0.15) is 24.1 Å². The van der Waals surface area contributed by atoms with Crippen molar-refractivity contribution in [2.75, 3.05) is 19.0 Å². The molecule has 0 bridgehead atoms. The molecule has 1 aromatic carbocycles. The van der Waals surface area contributed by atoms with E-state index in [0.29, 0.717) is 17.1 Å². The fourth-order valence-corrected chi connectivity index (χ4v) is 2.38. The van der Waals surface area contributed by atoms with Crippen LogP contribution in [0, 0.1) is 5.82 Å². The van der Waals surface area contributed by atoms with E-state index in [1.807, 2.05) is 38.1 Å². The highest BCUT2D eigenvalue weighted by Crippen LogP contribution is 2.27. The number of hydrogen-bond donors (Lipinski definition) is 1. The van der Waals surface area contributed by atoms with Gasteiger partial charge >= 0.3 is 0 Å². The van der Waals surface area contributed by atoms with Gasteiger partial charge in [0, 0.05) is 25.4 Å². The van der Waals surface area contributed by atoms with E-state index < -0.39 is 0 Å². The van der Waals surface area contributed by atoms with Gasteiger partial charge in [-0.2, -0.15) is 0 Å². The van der Waals surface area contributed by atoms with Crippen molar-refractivity contribution < 1.29 is 4.39 Å². The topological polar surface area (TPSA) is 28.2 Å². The minimum absolute atomic E-state index is 0.123. The lowest BCUT2D eigenvalue weighted by Gasteiger charge is -2.27. The zero-order valence-corrected chi connectivity index (χ0v) is 13.2. The van der Waals surface area contributed by atoms with Crippen LogP contribution in [0.4, 0.5) is 10.2 Å². The molecule has 1 unspecified atom stereocenters. The zero-order chi connectivity index (χ0) is 15.4. The van der Waals surface area contributed by atoms with Gasteiger partial charge < -0.3 is 10.2 Å². The summed E-state index contributed by atoms with van der Waals surface area (Å²) >= 11 is 6.12. The lowest BCUT2D eigenvalue weighted by molar-refractivity contribution is 0.584. The molecule has 2 aromatic rings. The molecule has 21 heavy (non-hydrogen) atoms. The largest absolute Gasteiger partial charge is 0.353 e. The van der Waals surface area contributed by atoms with Crippen LogP contribution in [0.3, 0.4) is 0 Å². The molecule has 0 fully saturated rings. The SMILES string of the molecule is CNCc1cc(N(C)C(C)c2ccccc2F)ncc1Cl. The quantitative estimate of drug-likeness (QED) is 0.911. The highest BCUT2D eigenvalue weighted by atomic mass is 35.5. The van der Waals surface area contributed by atoms with Crippen molar-refractivity contribution in [1.29, 1.82) is 0 Å². The summed E-state index contributed by atoms with van der Waals surface area (Å²) in [7, 11) is 3.76. The van der Waals surface area contributed by atoms with Gasteiger partial charge in [0.2, 0.25) is 0 Å². The first kappa shape index (κ1) is 15.7. The third kappa shape index (κ3) is 3.52. The molecule has 112 valence electrons. The number of halogens is 2. The lowest BCUT2D eigenvalue weighted by Crippen LogP contribution is -2.23. The van der Waals surface area contributed by atoms with Crippen LogP contribution in [-0.2, 0) is 6.54 Å². The van der Waals surface area contributed by atoms with Crippen molar-refractivity contribution in [2.24, 2.45) is 0 Å². The number of aromatic nitrogens is 1. The molecular formula is C16H19ClFN3. The van der Waals surface area contributed by atoms with Crippen LogP contribution in [0.15, 0.2) is 36.5 Å². The monoisotopic (exact) mass is 307 g/mol. The summed E-state index contributed by atoms with van der Waals surface area (Å²) in [4.78, 5) is 6.28. The third-order valence-electron chi connectivity index (χ3n) is 3.59. The molecule has 1 aromatic heterocycles. The fraction of sp³-hybridized carbons (Fsp3) is 0.312. The van der Waals surface area contributed by atoms with Crippen LogP contribution in [0.2, 0.25) is 5.02 Å². The molecule has 0 aliphatic heterocycles. The Bertz CT molecular complexity index is 618. The molecule has 1 N–H and O–H groups in total. The Kier molecular flexibility index (Phi) is 5.15. The number of rotatable bonds is 5. The van der Waals surface area contributed by atoms with Crippen molar-refractivity contribution in [2.45, 2.75) is 19.5 Å². The molecular weight excluding hydrogens is 289 g/mol. The van der Waals surface area contributed by atoms with E-state index in [1.165, 1.54) is 6.07 Å². The van der Waals surface area contributed by atoms with Crippen molar-refractivity contribution in [3.05, 3.63) is 58.5 Å². The predicted octanol–water partition coefficient (Wildman–Crippen LogP) is 3.79. The Hall–Kier alpha value is -1.65. The van der Waals surface area contributed by atoms with Gasteiger partial charge in [-0.1, -0.05) is 29.8 Å². The second-order valence-corrected chi connectivity index (χ2v) is 5.38. The van der Waals surface area contributed by atoms with Gasteiger partial charge in [-0.15, -0.1) is 0 Å². The number of benzene rings is 1. The van der Waals surface area contributed by atoms with Crippen LogP contribution < -0.4 is 10.2 Å². The maximum atomic E-state index is 13.9. The Morgan fingerprint density at radius 3 is 2.76 bits per heavy atom. The van der Waals surface area contributed by atoms with Crippen molar-refractivity contribution in [1.82, 2.24) is 10.3 Å². The standard InChI is InChI=1S/C16H19ClFN3/c1-11(13-6-4-5-7-15(13)18)21(3)16-8-12(9-19-2)14(17)10-20-16/h4-8,10-11,19H,9H2,1-3H3. The number of pyridine rings is 1. The molecule has 0 aliphatic carbocycles. The molecule has 1 atom stereocenters. The number of anilines is 1. The highest BCUT2D eigenvalue weighted by Gasteiger charge is 2.17. The van der Waals surface area contributed by atoms with E-state index in [4.69, 9.17) is 11.6 Å². The minimum atomic E-state index is -0.207. The van der Waals surface area contributed by atoms with Gasteiger partial charge in [0.05, 0.1) is 11.1 Å². The van der Waals surface area contributed by atoms with Crippen LogP contribution in [0.25, 0.3) is 0 Å².